The molecule has 2 aromatic heterocycles. The second-order valence-corrected chi connectivity index (χ2v) is 5.45. The molecule has 0 fully saturated rings. The summed E-state index contributed by atoms with van der Waals surface area (Å²) >= 11 is 9.44. The molecule has 0 amide bonds. The van der Waals surface area contributed by atoms with Crippen molar-refractivity contribution in [1.82, 2.24) is 15.0 Å². The van der Waals surface area contributed by atoms with Crippen molar-refractivity contribution in [2.24, 2.45) is 0 Å². The van der Waals surface area contributed by atoms with E-state index in [0.717, 1.165) is 21.4 Å². The largest absolute Gasteiger partial charge is 0.478 e. The molecule has 0 aliphatic carbocycles. The van der Waals surface area contributed by atoms with E-state index in [4.69, 9.17) is 16.3 Å². The van der Waals surface area contributed by atoms with Gasteiger partial charge in [-0.3, -0.25) is 0 Å². The molecule has 2 heterocycles. The van der Waals surface area contributed by atoms with Gasteiger partial charge in [-0.2, -0.15) is 4.98 Å². The number of nitrogens with zero attached hydrogens (tertiary/aromatic N) is 2. The van der Waals surface area contributed by atoms with E-state index in [1.807, 2.05) is 37.3 Å². The maximum absolute atomic E-state index is 5.95. The van der Waals surface area contributed by atoms with Crippen LogP contribution < -0.4 is 4.74 Å². The van der Waals surface area contributed by atoms with Crippen LogP contribution >= 0.6 is 27.5 Å². The lowest BCUT2D eigenvalue weighted by Gasteiger charge is -2.00. The van der Waals surface area contributed by atoms with Crippen molar-refractivity contribution in [2.45, 2.75) is 6.92 Å². The Morgan fingerprint density at radius 2 is 2.10 bits per heavy atom. The molecule has 20 heavy (non-hydrogen) atoms. The minimum absolute atomic E-state index is 0.577. The van der Waals surface area contributed by atoms with Gasteiger partial charge in [-0.1, -0.05) is 11.6 Å². The first-order valence-electron chi connectivity index (χ1n) is 6.12. The Hall–Kier alpha value is -1.59. The third-order valence-electron chi connectivity index (χ3n) is 2.80. The van der Waals surface area contributed by atoms with E-state index in [1.165, 1.54) is 0 Å². The van der Waals surface area contributed by atoms with Crippen molar-refractivity contribution in [1.29, 1.82) is 0 Å². The second kappa shape index (κ2) is 5.42. The Balaban J connectivity index is 2.08. The van der Waals surface area contributed by atoms with Crippen molar-refractivity contribution in [3.63, 3.8) is 0 Å². The van der Waals surface area contributed by atoms with Crippen LogP contribution in [0.15, 0.2) is 34.8 Å². The molecule has 1 aromatic carbocycles. The summed E-state index contributed by atoms with van der Waals surface area (Å²) < 4.78 is 6.26. The van der Waals surface area contributed by atoms with Crippen LogP contribution in [0.2, 0.25) is 5.02 Å². The van der Waals surface area contributed by atoms with Gasteiger partial charge in [-0.15, -0.1) is 0 Å². The summed E-state index contributed by atoms with van der Waals surface area (Å²) in [7, 11) is 0. The molecule has 3 rings (SSSR count). The molecule has 0 unspecified atom stereocenters. The summed E-state index contributed by atoms with van der Waals surface area (Å²) in [6, 6.07) is 9.31. The number of hydrogen-bond acceptors (Lipinski definition) is 3. The molecule has 0 aliphatic heterocycles. The van der Waals surface area contributed by atoms with Crippen LogP contribution in [-0.2, 0) is 0 Å². The first-order chi connectivity index (χ1) is 9.67. The van der Waals surface area contributed by atoms with Gasteiger partial charge >= 0.3 is 0 Å². The molecule has 102 valence electrons. The van der Waals surface area contributed by atoms with Gasteiger partial charge in [0.1, 0.15) is 5.82 Å². The number of hydrogen-bond donors (Lipinski definition) is 1. The normalized spacial score (nSPS) is 10.9. The smallest absolute Gasteiger partial charge is 0.215 e. The monoisotopic (exact) mass is 351 g/mol. The average Bonchev–Trinajstić information content (AvgIpc) is 2.81. The number of halogens is 2. The molecule has 0 radical (unpaired) electrons. The zero-order chi connectivity index (χ0) is 14.1. The molecule has 0 bridgehead atoms. The Morgan fingerprint density at radius 3 is 2.85 bits per heavy atom. The van der Waals surface area contributed by atoms with Crippen LogP contribution in [0.3, 0.4) is 0 Å². The SMILES string of the molecule is CCOc1ccc2[nH]c(-c3ccc(Cl)cc3Br)nc2n1. The number of rotatable bonds is 3. The molecule has 4 nitrogen and oxygen atoms in total. The van der Waals surface area contributed by atoms with Crippen molar-refractivity contribution in [3.05, 3.63) is 39.8 Å². The zero-order valence-corrected chi connectivity index (χ0v) is 13.0. The van der Waals surface area contributed by atoms with Gasteiger partial charge in [0.05, 0.1) is 12.1 Å². The van der Waals surface area contributed by atoms with Gasteiger partial charge in [0, 0.05) is 21.1 Å². The quantitative estimate of drug-likeness (QED) is 0.758. The molecule has 0 saturated carbocycles. The van der Waals surface area contributed by atoms with Crippen molar-refractivity contribution < 1.29 is 4.74 Å². The van der Waals surface area contributed by atoms with Crippen LogP contribution in [0.25, 0.3) is 22.6 Å². The third-order valence-corrected chi connectivity index (χ3v) is 3.69. The number of fused-ring (bicyclic) bond motifs is 1. The molecule has 1 N–H and O–H groups in total. The van der Waals surface area contributed by atoms with E-state index in [-0.39, 0.29) is 0 Å². The predicted octanol–water partition coefficient (Wildman–Crippen LogP) is 4.44. The van der Waals surface area contributed by atoms with E-state index in [2.05, 4.69) is 30.9 Å². The van der Waals surface area contributed by atoms with Crippen LogP contribution in [-0.4, -0.2) is 21.6 Å². The highest BCUT2D eigenvalue weighted by molar-refractivity contribution is 9.10. The summed E-state index contributed by atoms with van der Waals surface area (Å²) in [5.41, 5.74) is 2.43. The lowest BCUT2D eigenvalue weighted by atomic mass is 10.2. The average molecular weight is 353 g/mol. The minimum atomic E-state index is 0.577. The van der Waals surface area contributed by atoms with E-state index in [1.54, 1.807) is 0 Å². The fourth-order valence-electron chi connectivity index (χ4n) is 1.91. The Kier molecular flexibility index (Phi) is 3.63. The summed E-state index contributed by atoms with van der Waals surface area (Å²) in [4.78, 5) is 12.1. The topological polar surface area (TPSA) is 50.8 Å². The van der Waals surface area contributed by atoms with Crippen LogP contribution in [0.1, 0.15) is 6.92 Å². The van der Waals surface area contributed by atoms with E-state index < -0.39 is 0 Å². The Bertz CT molecular complexity index is 772. The molecule has 0 spiro atoms. The molecular weight excluding hydrogens is 342 g/mol. The van der Waals surface area contributed by atoms with Crippen LogP contribution in [0, 0.1) is 0 Å². The summed E-state index contributed by atoms with van der Waals surface area (Å²) in [5, 5.41) is 0.675. The maximum Gasteiger partial charge on any atom is 0.215 e. The van der Waals surface area contributed by atoms with Gasteiger partial charge in [0.25, 0.3) is 0 Å². The molecule has 0 atom stereocenters. The molecular formula is C14H11BrClN3O. The Morgan fingerprint density at radius 1 is 1.25 bits per heavy atom. The fraction of sp³-hybridized carbons (Fsp3) is 0.143. The highest BCUT2D eigenvalue weighted by Crippen LogP contribution is 2.30. The van der Waals surface area contributed by atoms with Crippen LogP contribution in [0.4, 0.5) is 0 Å². The number of imidazole rings is 1. The third kappa shape index (κ3) is 2.51. The number of aromatic amines is 1. The van der Waals surface area contributed by atoms with Crippen molar-refractivity contribution >= 4 is 38.7 Å². The molecule has 0 saturated heterocycles. The maximum atomic E-state index is 5.95. The second-order valence-electron chi connectivity index (χ2n) is 4.16. The first-order valence-corrected chi connectivity index (χ1v) is 7.29. The number of pyridine rings is 1. The summed E-state index contributed by atoms with van der Waals surface area (Å²) in [5.74, 6) is 1.32. The van der Waals surface area contributed by atoms with E-state index in [9.17, 15) is 0 Å². The number of H-pyrrole nitrogens is 1. The van der Waals surface area contributed by atoms with E-state index >= 15 is 0 Å². The highest BCUT2D eigenvalue weighted by Gasteiger charge is 2.10. The number of aromatic nitrogens is 3. The lowest BCUT2D eigenvalue weighted by Crippen LogP contribution is -1.93. The molecule has 3 aromatic rings. The zero-order valence-electron chi connectivity index (χ0n) is 10.7. The standard InChI is InChI=1S/C14H11BrClN3O/c1-2-20-12-6-5-11-14(18-12)19-13(17-11)9-4-3-8(16)7-10(9)15/h3-7H,2H2,1H3,(H,17,18,19). The summed E-state index contributed by atoms with van der Waals surface area (Å²) in [6.45, 7) is 2.51. The fourth-order valence-corrected chi connectivity index (χ4v) is 2.78. The number of benzene rings is 1. The van der Waals surface area contributed by atoms with Gasteiger partial charge in [0.2, 0.25) is 5.88 Å². The van der Waals surface area contributed by atoms with Crippen LogP contribution in [0.5, 0.6) is 5.88 Å². The van der Waals surface area contributed by atoms with Crippen molar-refractivity contribution in [2.75, 3.05) is 6.61 Å². The molecule has 0 aliphatic rings. The first kappa shape index (κ1) is 13.4. The minimum Gasteiger partial charge on any atom is -0.478 e. The van der Waals surface area contributed by atoms with Gasteiger partial charge in [-0.25, -0.2) is 4.98 Å². The van der Waals surface area contributed by atoms with Gasteiger partial charge in [0.15, 0.2) is 5.65 Å². The van der Waals surface area contributed by atoms with Gasteiger partial charge in [-0.05, 0) is 47.1 Å². The van der Waals surface area contributed by atoms with E-state index in [0.29, 0.717) is 23.2 Å². The predicted molar refractivity (Wildman–Crippen MR) is 83.2 cm³/mol. The lowest BCUT2D eigenvalue weighted by molar-refractivity contribution is 0.328. The Labute approximate surface area is 129 Å². The summed E-state index contributed by atoms with van der Waals surface area (Å²) in [6.07, 6.45) is 0. The molecule has 6 heteroatoms. The van der Waals surface area contributed by atoms with Gasteiger partial charge < -0.3 is 9.72 Å². The number of ether oxygens (including phenoxy) is 1. The highest BCUT2D eigenvalue weighted by atomic mass is 79.9. The number of nitrogens with one attached hydrogen (secondary N) is 1. The van der Waals surface area contributed by atoms with Crippen molar-refractivity contribution in [3.8, 4) is 17.3 Å².